The molecule has 1 aromatic carbocycles. The van der Waals surface area contributed by atoms with Crippen molar-refractivity contribution in [2.75, 3.05) is 12.8 Å². The first-order valence-electron chi connectivity index (χ1n) is 5.24. The largest absolute Gasteiger partial charge is 0.496 e. The summed E-state index contributed by atoms with van der Waals surface area (Å²) in [4.78, 5) is 3.16. The van der Waals surface area contributed by atoms with Crippen molar-refractivity contribution in [3.63, 3.8) is 0 Å². The average molecular weight is 228 g/mol. The predicted octanol–water partition coefficient (Wildman–Crippen LogP) is 2.15. The molecule has 17 heavy (non-hydrogen) atoms. The molecule has 0 spiro atoms. The molecular formula is C12H12N4O. The fourth-order valence-electron chi connectivity index (χ4n) is 1.98. The monoisotopic (exact) mass is 228 g/mol. The summed E-state index contributed by atoms with van der Waals surface area (Å²) >= 11 is 0. The van der Waals surface area contributed by atoms with E-state index in [2.05, 4.69) is 15.2 Å². The Kier molecular flexibility index (Phi) is 2.04. The number of rotatable bonds is 2. The Morgan fingerprint density at radius 2 is 2.24 bits per heavy atom. The van der Waals surface area contributed by atoms with Gasteiger partial charge in [-0.25, -0.2) is 0 Å². The van der Waals surface area contributed by atoms with Crippen molar-refractivity contribution in [1.82, 2.24) is 15.2 Å². The molecule has 4 N–H and O–H groups in total. The third kappa shape index (κ3) is 1.44. The fraction of sp³-hybridized carbons (Fsp3) is 0.0833. The summed E-state index contributed by atoms with van der Waals surface area (Å²) in [5.74, 6) is 1.37. The van der Waals surface area contributed by atoms with Gasteiger partial charge in [-0.15, -0.1) is 0 Å². The Morgan fingerprint density at radius 1 is 1.35 bits per heavy atom. The molecule has 0 saturated heterocycles. The third-order valence-electron chi connectivity index (χ3n) is 2.83. The molecule has 0 atom stereocenters. The summed E-state index contributed by atoms with van der Waals surface area (Å²) in [6, 6.07) is 5.97. The number of methoxy groups -OCH3 is 1. The number of nitrogen functional groups attached to an aromatic ring is 1. The van der Waals surface area contributed by atoms with Gasteiger partial charge in [-0.1, -0.05) is 0 Å². The third-order valence-corrected chi connectivity index (χ3v) is 2.83. The Bertz CT molecular complexity index is 668. The number of hydrogen-bond donors (Lipinski definition) is 3. The maximum absolute atomic E-state index is 5.81. The van der Waals surface area contributed by atoms with Gasteiger partial charge in [-0.2, -0.15) is 5.10 Å². The second-order valence-electron chi connectivity index (χ2n) is 3.81. The van der Waals surface area contributed by atoms with Crippen LogP contribution in [0.5, 0.6) is 5.75 Å². The summed E-state index contributed by atoms with van der Waals surface area (Å²) in [6.07, 6.45) is 3.59. The summed E-state index contributed by atoms with van der Waals surface area (Å²) < 4.78 is 5.37. The molecule has 5 nitrogen and oxygen atoms in total. The number of nitrogens with two attached hydrogens (primary N) is 1. The second-order valence-corrected chi connectivity index (χ2v) is 3.81. The van der Waals surface area contributed by atoms with Crippen molar-refractivity contribution < 1.29 is 4.74 Å². The number of hydrogen-bond acceptors (Lipinski definition) is 3. The van der Waals surface area contributed by atoms with Crippen LogP contribution < -0.4 is 10.5 Å². The van der Waals surface area contributed by atoms with Crippen molar-refractivity contribution in [2.45, 2.75) is 0 Å². The minimum absolute atomic E-state index is 0.554. The van der Waals surface area contributed by atoms with Crippen molar-refractivity contribution >= 4 is 16.7 Å². The van der Waals surface area contributed by atoms with Crippen molar-refractivity contribution in [1.29, 1.82) is 0 Å². The molecular weight excluding hydrogens is 216 g/mol. The molecule has 0 amide bonds. The number of aromatic nitrogens is 3. The molecule has 0 aliphatic rings. The highest BCUT2D eigenvalue weighted by atomic mass is 16.5. The number of benzene rings is 1. The number of H-pyrrole nitrogens is 2. The van der Waals surface area contributed by atoms with Crippen LogP contribution in [0.2, 0.25) is 0 Å². The molecule has 5 heteroatoms. The smallest absolute Gasteiger partial charge is 0.128 e. The van der Waals surface area contributed by atoms with Gasteiger partial charge in [0.25, 0.3) is 0 Å². The van der Waals surface area contributed by atoms with E-state index in [0.717, 1.165) is 27.8 Å². The zero-order chi connectivity index (χ0) is 11.8. The van der Waals surface area contributed by atoms with Crippen LogP contribution in [0, 0.1) is 0 Å². The quantitative estimate of drug-likeness (QED) is 0.628. The summed E-state index contributed by atoms with van der Waals surface area (Å²) in [6.45, 7) is 0. The molecule has 86 valence electrons. The molecule has 0 aliphatic heterocycles. The highest BCUT2D eigenvalue weighted by Gasteiger charge is 2.10. The summed E-state index contributed by atoms with van der Waals surface area (Å²) in [5, 5.41) is 7.70. The molecule has 3 rings (SSSR count). The zero-order valence-electron chi connectivity index (χ0n) is 9.32. The van der Waals surface area contributed by atoms with Crippen molar-refractivity contribution in [3.8, 4) is 16.9 Å². The molecule has 0 unspecified atom stereocenters. The van der Waals surface area contributed by atoms with Crippen LogP contribution in [-0.4, -0.2) is 22.3 Å². The van der Waals surface area contributed by atoms with Gasteiger partial charge in [0.15, 0.2) is 0 Å². The maximum Gasteiger partial charge on any atom is 0.128 e. The number of nitrogens with one attached hydrogen (secondary N) is 2. The molecule has 2 aromatic heterocycles. The van der Waals surface area contributed by atoms with Crippen LogP contribution in [0.15, 0.2) is 30.6 Å². The van der Waals surface area contributed by atoms with E-state index >= 15 is 0 Å². The molecule has 3 aromatic rings. The first-order valence-corrected chi connectivity index (χ1v) is 5.24. The molecule has 2 heterocycles. The number of ether oxygens (including phenoxy) is 1. The summed E-state index contributed by atoms with van der Waals surface area (Å²) in [5.41, 5.74) is 8.68. The van der Waals surface area contributed by atoms with E-state index in [0.29, 0.717) is 5.82 Å². The molecule has 0 bridgehead atoms. The number of fused-ring (bicyclic) bond motifs is 1. The first kappa shape index (κ1) is 9.77. The first-order chi connectivity index (χ1) is 8.29. The van der Waals surface area contributed by atoms with E-state index in [4.69, 9.17) is 10.5 Å². The second kappa shape index (κ2) is 3.55. The van der Waals surface area contributed by atoms with E-state index < -0.39 is 0 Å². The van der Waals surface area contributed by atoms with Crippen molar-refractivity contribution in [3.05, 3.63) is 30.6 Å². The predicted molar refractivity (Wildman–Crippen MR) is 66.8 cm³/mol. The Morgan fingerprint density at radius 3 is 2.94 bits per heavy atom. The van der Waals surface area contributed by atoms with Crippen LogP contribution in [0.1, 0.15) is 0 Å². The van der Waals surface area contributed by atoms with Gasteiger partial charge in [0, 0.05) is 22.7 Å². The van der Waals surface area contributed by atoms with E-state index in [9.17, 15) is 0 Å². The van der Waals surface area contributed by atoms with Gasteiger partial charge in [0.2, 0.25) is 0 Å². The van der Waals surface area contributed by atoms with Gasteiger partial charge < -0.3 is 15.5 Å². The molecule has 0 saturated carbocycles. The lowest BCUT2D eigenvalue weighted by molar-refractivity contribution is 0.420. The van der Waals surface area contributed by atoms with E-state index in [-0.39, 0.29) is 0 Å². The number of nitrogens with zero attached hydrogens (tertiary/aromatic N) is 1. The van der Waals surface area contributed by atoms with E-state index in [1.165, 1.54) is 0 Å². The van der Waals surface area contributed by atoms with Crippen LogP contribution in [-0.2, 0) is 0 Å². The van der Waals surface area contributed by atoms with Gasteiger partial charge in [0.1, 0.15) is 11.6 Å². The Balaban J connectivity index is 2.27. The highest BCUT2D eigenvalue weighted by Crippen LogP contribution is 2.33. The minimum Gasteiger partial charge on any atom is -0.496 e. The van der Waals surface area contributed by atoms with E-state index in [1.54, 1.807) is 13.3 Å². The maximum atomic E-state index is 5.81. The van der Waals surface area contributed by atoms with Gasteiger partial charge in [-0.05, 0) is 23.8 Å². The summed E-state index contributed by atoms with van der Waals surface area (Å²) in [7, 11) is 1.66. The molecule has 0 radical (unpaired) electrons. The van der Waals surface area contributed by atoms with Gasteiger partial charge in [-0.3, -0.25) is 5.10 Å². The molecule has 0 aliphatic carbocycles. The zero-order valence-corrected chi connectivity index (χ0v) is 9.32. The van der Waals surface area contributed by atoms with Gasteiger partial charge >= 0.3 is 0 Å². The Labute approximate surface area is 97.6 Å². The van der Waals surface area contributed by atoms with Crippen LogP contribution in [0.3, 0.4) is 0 Å². The minimum atomic E-state index is 0.554. The fourth-order valence-corrected chi connectivity index (χ4v) is 1.98. The lowest BCUT2D eigenvalue weighted by atomic mass is 10.1. The number of aromatic amines is 2. The van der Waals surface area contributed by atoms with Crippen LogP contribution >= 0.6 is 0 Å². The van der Waals surface area contributed by atoms with Gasteiger partial charge in [0.05, 0.1) is 13.3 Å². The number of anilines is 1. The van der Waals surface area contributed by atoms with Crippen LogP contribution in [0.4, 0.5) is 5.82 Å². The lowest BCUT2D eigenvalue weighted by Crippen LogP contribution is -1.89. The molecule has 0 fully saturated rings. The highest BCUT2D eigenvalue weighted by molar-refractivity contribution is 5.91. The lowest BCUT2D eigenvalue weighted by Gasteiger charge is -2.06. The van der Waals surface area contributed by atoms with Crippen LogP contribution in [0.25, 0.3) is 22.0 Å². The van der Waals surface area contributed by atoms with Crippen molar-refractivity contribution in [2.24, 2.45) is 0 Å². The normalized spacial score (nSPS) is 10.9. The SMILES string of the molecule is COc1cc(-c2cn[nH]c2N)cc2[nH]ccc12. The Hall–Kier alpha value is -2.43. The standard InChI is InChI=1S/C12H12N4O/c1-17-11-5-7(9-6-15-16-12(9)13)4-10-8(11)2-3-14-10/h2-6,14H,1H3,(H3,13,15,16). The average Bonchev–Trinajstić information content (AvgIpc) is 2.95. The van der Waals surface area contributed by atoms with E-state index in [1.807, 2.05) is 24.4 Å². The topological polar surface area (TPSA) is 79.7 Å².